The summed E-state index contributed by atoms with van der Waals surface area (Å²) in [5.74, 6) is -1.56. The summed E-state index contributed by atoms with van der Waals surface area (Å²) in [5.41, 5.74) is 3.82. The molecule has 1 aliphatic heterocycles. The Morgan fingerprint density at radius 3 is 2.16 bits per heavy atom. The maximum absolute atomic E-state index is 13.3. The van der Waals surface area contributed by atoms with Gasteiger partial charge in [-0.3, -0.25) is 14.4 Å². The molecule has 7 heteroatoms. The Kier molecular flexibility index (Phi) is 5.67. The average molecular weight is 436 g/mol. The van der Waals surface area contributed by atoms with Gasteiger partial charge in [0.2, 0.25) is 0 Å². The molecule has 0 unspecified atom stereocenters. The molecule has 0 bridgehead atoms. The molecular weight excluding hydrogens is 411 g/mol. The lowest BCUT2D eigenvalue weighted by Crippen LogP contribution is -2.62. The fraction of sp³-hybridized carbons (Fsp3) is 0.360. The number of ketones is 2. The number of benzene rings is 2. The van der Waals surface area contributed by atoms with Crippen molar-refractivity contribution < 1.29 is 23.6 Å². The van der Waals surface area contributed by atoms with Crippen molar-refractivity contribution in [1.82, 2.24) is 4.90 Å². The fourth-order valence-electron chi connectivity index (χ4n) is 5.07. The van der Waals surface area contributed by atoms with E-state index in [1.165, 1.54) is 19.2 Å². The molecule has 32 heavy (non-hydrogen) atoms. The molecule has 1 heterocycles. The van der Waals surface area contributed by atoms with Crippen LogP contribution in [-0.4, -0.2) is 48.8 Å². The van der Waals surface area contributed by atoms with Crippen molar-refractivity contribution in [3.8, 4) is 11.1 Å². The first-order chi connectivity index (χ1) is 15.2. The second-order valence-electron chi connectivity index (χ2n) is 8.86. The van der Waals surface area contributed by atoms with Crippen molar-refractivity contribution in [3.05, 3.63) is 58.9 Å². The molecule has 166 valence electrons. The monoisotopic (exact) mass is 436 g/mol. The van der Waals surface area contributed by atoms with E-state index < -0.39 is 11.3 Å². The van der Waals surface area contributed by atoms with Crippen LogP contribution in [0, 0.1) is 25.1 Å². The lowest BCUT2D eigenvalue weighted by molar-refractivity contribution is -0.150. The minimum Gasteiger partial charge on any atom is -0.399 e. The van der Waals surface area contributed by atoms with Gasteiger partial charge in [-0.25, -0.2) is 4.39 Å². The van der Waals surface area contributed by atoms with Gasteiger partial charge in [0.1, 0.15) is 36.6 Å². The Morgan fingerprint density at radius 2 is 1.62 bits per heavy atom. The van der Waals surface area contributed by atoms with Crippen LogP contribution in [0.15, 0.2) is 41.6 Å². The van der Waals surface area contributed by atoms with E-state index >= 15 is 0 Å². The molecule has 2 aromatic carbocycles. The highest BCUT2D eigenvalue weighted by atomic mass is 19.1. The van der Waals surface area contributed by atoms with Gasteiger partial charge >= 0.3 is 0 Å². The van der Waals surface area contributed by atoms with Crippen molar-refractivity contribution in [3.63, 3.8) is 0 Å². The third kappa shape index (κ3) is 3.95. The Balaban J connectivity index is 1.54. The van der Waals surface area contributed by atoms with Gasteiger partial charge < -0.3 is 9.74 Å². The minimum atomic E-state index is -0.775. The summed E-state index contributed by atoms with van der Waals surface area (Å²) in [6, 6.07) is 10.1. The minimum absolute atomic E-state index is 0.0976. The molecule has 6 nitrogen and oxygen atoms in total. The van der Waals surface area contributed by atoms with Gasteiger partial charge in [-0.05, 0) is 53.8 Å². The molecule has 0 atom stereocenters. The van der Waals surface area contributed by atoms with Crippen molar-refractivity contribution >= 4 is 23.7 Å². The van der Waals surface area contributed by atoms with Crippen LogP contribution in [0.4, 0.5) is 4.39 Å². The van der Waals surface area contributed by atoms with Crippen LogP contribution in [0.25, 0.3) is 11.1 Å². The first-order valence-corrected chi connectivity index (χ1v) is 10.5. The molecule has 2 aromatic rings. The molecule has 1 saturated carbocycles. The molecule has 2 aliphatic rings. The topological polar surface area (TPSA) is 76.0 Å². The first kappa shape index (κ1) is 21.9. The second kappa shape index (κ2) is 8.30. The Bertz CT molecular complexity index is 1070. The third-order valence-electron chi connectivity index (χ3n) is 6.44. The van der Waals surface area contributed by atoms with Crippen LogP contribution in [0.3, 0.4) is 0 Å². The third-order valence-corrected chi connectivity index (χ3v) is 6.44. The molecule has 1 aliphatic carbocycles. The van der Waals surface area contributed by atoms with E-state index in [9.17, 15) is 18.8 Å². The number of halogens is 1. The standard InChI is InChI=1S/C25H25FN2O4/c1-15-8-18(17-4-6-19(26)7-5-17)9-16(2)23(15)24-20(29)10-25(11-21(24)30)13-28(14-25)22(31)12-27-32-3/h4-9,12,24H,10-11,13-14H2,1-3H3/b27-12+. The number of rotatable bonds is 4. The zero-order valence-electron chi connectivity index (χ0n) is 18.4. The number of oxime groups is 1. The van der Waals surface area contributed by atoms with Crippen LogP contribution < -0.4 is 0 Å². The van der Waals surface area contributed by atoms with Gasteiger partial charge in [-0.15, -0.1) is 0 Å². The number of hydrogen-bond acceptors (Lipinski definition) is 5. The quantitative estimate of drug-likeness (QED) is 0.417. The van der Waals surface area contributed by atoms with Gasteiger partial charge in [0.25, 0.3) is 5.91 Å². The summed E-state index contributed by atoms with van der Waals surface area (Å²) in [6.45, 7) is 4.54. The molecular formula is C25H25FN2O4. The Labute approximate surface area is 186 Å². The van der Waals surface area contributed by atoms with E-state index in [1.807, 2.05) is 26.0 Å². The van der Waals surface area contributed by atoms with E-state index in [-0.39, 0.29) is 36.1 Å². The number of carbonyl (C=O) groups excluding carboxylic acids is 3. The summed E-state index contributed by atoms with van der Waals surface area (Å²) in [4.78, 5) is 44.4. The first-order valence-electron chi connectivity index (χ1n) is 10.5. The molecule has 1 spiro atoms. The highest BCUT2D eigenvalue weighted by Gasteiger charge is 2.53. The summed E-state index contributed by atoms with van der Waals surface area (Å²) >= 11 is 0. The summed E-state index contributed by atoms with van der Waals surface area (Å²) < 4.78 is 13.3. The van der Waals surface area contributed by atoms with E-state index in [4.69, 9.17) is 0 Å². The summed E-state index contributed by atoms with van der Waals surface area (Å²) in [6.07, 6.45) is 1.64. The van der Waals surface area contributed by atoms with Crippen LogP contribution in [0.2, 0.25) is 0 Å². The number of amides is 1. The number of hydrogen-bond donors (Lipinski definition) is 0. The molecule has 4 rings (SSSR count). The number of carbonyl (C=O) groups is 3. The van der Waals surface area contributed by atoms with Crippen LogP contribution in [-0.2, 0) is 19.2 Å². The maximum atomic E-state index is 13.3. The van der Waals surface area contributed by atoms with E-state index in [0.29, 0.717) is 13.1 Å². The van der Waals surface area contributed by atoms with Crippen LogP contribution >= 0.6 is 0 Å². The summed E-state index contributed by atoms with van der Waals surface area (Å²) in [5, 5.41) is 3.47. The zero-order valence-corrected chi connectivity index (χ0v) is 18.4. The van der Waals surface area contributed by atoms with Crippen molar-refractivity contribution in [2.45, 2.75) is 32.6 Å². The van der Waals surface area contributed by atoms with Gasteiger partial charge in [-0.1, -0.05) is 29.4 Å². The van der Waals surface area contributed by atoms with E-state index in [1.54, 1.807) is 17.0 Å². The smallest absolute Gasteiger partial charge is 0.268 e. The zero-order chi connectivity index (χ0) is 23.0. The van der Waals surface area contributed by atoms with Gasteiger partial charge in [0.15, 0.2) is 0 Å². The normalized spacial score (nSPS) is 18.3. The van der Waals surface area contributed by atoms with Crippen LogP contribution in [0.5, 0.6) is 0 Å². The average Bonchev–Trinajstić information content (AvgIpc) is 2.71. The highest BCUT2D eigenvalue weighted by molar-refractivity contribution is 6.26. The summed E-state index contributed by atoms with van der Waals surface area (Å²) in [7, 11) is 1.36. The van der Waals surface area contributed by atoms with Crippen molar-refractivity contribution in [1.29, 1.82) is 0 Å². The molecule has 1 saturated heterocycles. The molecule has 2 fully saturated rings. The van der Waals surface area contributed by atoms with E-state index in [2.05, 4.69) is 9.99 Å². The second-order valence-corrected chi connectivity index (χ2v) is 8.86. The Hall–Kier alpha value is -3.35. The number of aryl methyl sites for hydroxylation is 2. The van der Waals surface area contributed by atoms with Gasteiger partial charge in [0, 0.05) is 31.3 Å². The predicted molar refractivity (Wildman–Crippen MR) is 118 cm³/mol. The molecule has 0 radical (unpaired) electrons. The number of nitrogens with zero attached hydrogens (tertiary/aromatic N) is 2. The maximum Gasteiger partial charge on any atom is 0.268 e. The Morgan fingerprint density at radius 1 is 1.06 bits per heavy atom. The van der Waals surface area contributed by atoms with Gasteiger partial charge in [-0.2, -0.15) is 0 Å². The molecule has 0 N–H and O–H groups in total. The van der Waals surface area contributed by atoms with Crippen molar-refractivity contribution in [2.24, 2.45) is 10.6 Å². The lowest BCUT2D eigenvalue weighted by Gasteiger charge is -2.51. The van der Waals surface area contributed by atoms with Crippen molar-refractivity contribution in [2.75, 3.05) is 20.2 Å². The van der Waals surface area contributed by atoms with Gasteiger partial charge in [0.05, 0.1) is 0 Å². The number of likely N-dealkylation sites (tertiary alicyclic amines) is 1. The van der Waals surface area contributed by atoms with E-state index in [0.717, 1.165) is 34.0 Å². The predicted octanol–water partition coefficient (Wildman–Crippen LogP) is 3.59. The molecule has 1 amide bonds. The largest absolute Gasteiger partial charge is 0.399 e. The lowest BCUT2D eigenvalue weighted by atomic mass is 9.63. The van der Waals surface area contributed by atoms with Crippen LogP contribution in [0.1, 0.15) is 35.4 Å². The number of Topliss-reactive ketones (excluding diaryl/α,β-unsaturated/α-hetero) is 2. The highest BCUT2D eigenvalue weighted by Crippen LogP contribution is 2.46. The SMILES string of the molecule is CO/N=C/C(=O)N1CC2(CC(=O)C(c3c(C)cc(-c4ccc(F)cc4)cc3C)C(=O)C2)C1. The fourth-order valence-corrected chi connectivity index (χ4v) is 5.07. The molecule has 0 aromatic heterocycles.